The molecule has 0 spiro atoms. The van der Waals surface area contributed by atoms with Gasteiger partial charge in [0.15, 0.2) is 0 Å². The van der Waals surface area contributed by atoms with E-state index in [1.165, 1.54) is 17.0 Å². The smallest absolute Gasteiger partial charge is 0.410 e. The Morgan fingerprint density at radius 2 is 1.81 bits per heavy atom. The van der Waals surface area contributed by atoms with Crippen molar-refractivity contribution in [2.45, 2.75) is 31.0 Å². The number of carbonyl (C=O) groups is 1. The second-order valence-electron chi connectivity index (χ2n) is 6.26. The van der Waals surface area contributed by atoms with Crippen LogP contribution in [0.2, 0.25) is 0 Å². The maximum atomic E-state index is 12.3. The molecule has 2 aromatic carbocycles. The zero-order valence-corrected chi connectivity index (χ0v) is 15.3. The fourth-order valence-corrected chi connectivity index (χ4v) is 3.82. The highest BCUT2D eigenvalue weighted by Crippen LogP contribution is 2.21. The van der Waals surface area contributed by atoms with Gasteiger partial charge in [-0.1, -0.05) is 48.0 Å². The van der Waals surface area contributed by atoms with Crippen LogP contribution in [0.5, 0.6) is 0 Å². The Labute approximate surface area is 153 Å². The van der Waals surface area contributed by atoms with E-state index in [9.17, 15) is 13.2 Å². The summed E-state index contributed by atoms with van der Waals surface area (Å²) in [5.41, 5.74) is 1.87. The van der Waals surface area contributed by atoms with E-state index in [1.54, 1.807) is 12.1 Å². The van der Waals surface area contributed by atoms with Gasteiger partial charge in [-0.05, 0) is 31.0 Å². The van der Waals surface area contributed by atoms with Gasteiger partial charge in [0.25, 0.3) is 10.1 Å². The van der Waals surface area contributed by atoms with Crippen LogP contribution >= 0.6 is 0 Å². The van der Waals surface area contributed by atoms with E-state index in [0.717, 1.165) is 11.1 Å². The second-order valence-corrected chi connectivity index (χ2v) is 7.83. The van der Waals surface area contributed by atoms with Crippen LogP contribution in [0, 0.1) is 6.92 Å². The molecule has 1 heterocycles. The Morgan fingerprint density at radius 3 is 2.50 bits per heavy atom. The van der Waals surface area contributed by atoms with Gasteiger partial charge in [-0.2, -0.15) is 8.42 Å². The summed E-state index contributed by atoms with van der Waals surface area (Å²) >= 11 is 0. The third-order valence-corrected chi connectivity index (χ3v) is 5.56. The number of ether oxygens (including phenoxy) is 1. The fourth-order valence-electron chi connectivity index (χ4n) is 2.72. The van der Waals surface area contributed by atoms with Crippen LogP contribution in [-0.2, 0) is 25.6 Å². The number of likely N-dealkylation sites (tertiary alicyclic amines) is 1. The van der Waals surface area contributed by atoms with Crippen molar-refractivity contribution >= 4 is 16.2 Å². The average molecular weight is 375 g/mol. The fraction of sp³-hybridized carbons (Fsp3) is 0.316. The van der Waals surface area contributed by atoms with Gasteiger partial charge in [-0.15, -0.1) is 0 Å². The molecule has 6 nitrogen and oxygen atoms in total. The van der Waals surface area contributed by atoms with Crippen LogP contribution < -0.4 is 0 Å². The topological polar surface area (TPSA) is 72.9 Å². The summed E-state index contributed by atoms with van der Waals surface area (Å²) in [4.78, 5) is 13.7. The summed E-state index contributed by atoms with van der Waals surface area (Å²) in [6.07, 6.45) is -0.579. The summed E-state index contributed by atoms with van der Waals surface area (Å²) in [5, 5.41) is 0. The van der Waals surface area contributed by atoms with Crippen LogP contribution in [0.3, 0.4) is 0 Å². The van der Waals surface area contributed by atoms with Crippen molar-refractivity contribution in [2.24, 2.45) is 0 Å². The van der Waals surface area contributed by atoms with Gasteiger partial charge >= 0.3 is 6.09 Å². The minimum absolute atomic E-state index is 0.119. The molecule has 1 unspecified atom stereocenters. The minimum Gasteiger partial charge on any atom is -0.445 e. The number of nitrogens with zero attached hydrogens (tertiary/aromatic N) is 1. The second kappa shape index (κ2) is 7.88. The molecule has 0 N–H and O–H groups in total. The maximum absolute atomic E-state index is 12.3. The molecule has 0 aliphatic carbocycles. The van der Waals surface area contributed by atoms with Crippen molar-refractivity contribution in [1.82, 2.24) is 4.90 Å². The van der Waals surface area contributed by atoms with E-state index < -0.39 is 22.3 Å². The predicted molar refractivity (Wildman–Crippen MR) is 96.1 cm³/mol. The molecule has 7 heteroatoms. The summed E-state index contributed by atoms with van der Waals surface area (Å²) in [7, 11) is -3.84. The first-order valence-corrected chi connectivity index (χ1v) is 9.80. The molecule has 1 aliphatic heterocycles. The number of hydrogen-bond acceptors (Lipinski definition) is 5. The van der Waals surface area contributed by atoms with Crippen LogP contribution in [-0.4, -0.2) is 38.6 Å². The van der Waals surface area contributed by atoms with Crippen molar-refractivity contribution < 1.29 is 22.1 Å². The lowest BCUT2D eigenvalue weighted by Gasteiger charge is -2.16. The van der Waals surface area contributed by atoms with Gasteiger partial charge in [0.05, 0.1) is 17.5 Å². The van der Waals surface area contributed by atoms with Crippen molar-refractivity contribution in [3.8, 4) is 0 Å². The van der Waals surface area contributed by atoms with E-state index >= 15 is 0 Å². The molecule has 1 aliphatic rings. The number of rotatable bonds is 5. The minimum atomic E-state index is -3.84. The molecule has 2 aromatic rings. The zero-order valence-electron chi connectivity index (χ0n) is 14.5. The molecule has 26 heavy (non-hydrogen) atoms. The SMILES string of the molecule is Cc1ccc(S(=O)(=O)OC2CCN(C(=O)OCc3ccccc3)C2)cc1. The maximum Gasteiger partial charge on any atom is 0.410 e. The Kier molecular flexibility index (Phi) is 5.58. The monoisotopic (exact) mass is 375 g/mol. The van der Waals surface area contributed by atoms with E-state index in [4.69, 9.17) is 8.92 Å². The van der Waals surface area contributed by atoms with Gasteiger partial charge in [0.2, 0.25) is 0 Å². The predicted octanol–water partition coefficient (Wildman–Crippen LogP) is 3.11. The summed E-state index contributed by atoms with van der Waals surface area (Å²) < 4.78 is 35.2. The Morgan fingerprint density at radius 1 is 1.12 bits per heavy atom. The van der Waals surface area contributed by atoms with E-state index in [-0.39, 0.29) is 18.0 Å². The van der Waals surface area contributed by atoms with Gasteiger partial charge in [-0.3, -0.25) is 4.18 Å². The normalized spacial score (nSPS) is 17.3. The van der Waals surface area contributed by atoms with Crippen molar-refractivity contribution in [2.75, 3.05) is 13.1 Å². The first kappa shape index (κ1) is 18.4. The molecule has 0 bridgehead atoms. The van der Waals surface area contributed by atoms with E-state index in [0.29, 0.717) is 13.0 Å². The average Bonchev–Trinajstić information content (AvgIpc) is 3.09. The van der Waals surface area contributed by atoms with Gasteiger partial charge in [-0.25, -0.2) is 4.79 Å². The standard InChI is InChI=1S/C19H21NO5S/c1-15-7-9-18(10-8-15)26(22,23)25-17-11-12-20(13-17)19(21)24-14-16-5-3-2-4-6-16/h2-10,17H,11-14H2,1H3. The highest BCUT2D eigenvalue weighted by Gasteiger charge is 2.32. The Balaban J connectivity index is 1.53. The molecule has 1 atom stereocenters. The lowest BCUT2D eigenvalue weighted by molar-refractivity contribution is 0.0994. The number of carbonyl (C=O) groups excluding carboxylic acids is 1. The molecular weight excluding hydrogens is 354 g/mol. The number of aryl methyl sites for hydroxylation is 1. The van der Waals surface area contributed by atoms with Crippen molar-refractivity contribution in [3.05, 3.63) is 65.7 Å². The first-order valence-electron chi connectivity index (χ1n) is 8.39. The molecule has 0 radical (unpaired) electrons. The largest absolute Gasteiger partial charge is 0.445 e. The molecule has 1 fully saturated rings. The molecule has 0 saturated carbocycles. The van der Waals surface area contributed by atoms with Gasteiger partial charge in [0, 0.05) is 6.54 Å². The van der Waals surface area contributed by atoms with Crippen LogP contribution in [0.1, 0.15) is 17.5 Å². The number of hydrogen-bond donors (Lipinski definition) is 0. The van der Waals surface area contributed by atoms with Gasteiger partial charge < -0.3 is 9.64 Å². The third-order valence-electron chi connectivity index (χ3n) is 4.18. The van der Waals surface area contributed by atoms with Crippen molar-refractivity contribution in [1.29, 1.82) is 0 Å². The Hall–Kier alpha value is -2.38. The van der Waals surface area contributed by atoms with Crippen LogP contribution in [0.4, 0.5) is 4.79 Å². The van der Waals surface area contributed by atoms with E-state index in [2.05, 4.69) is 0 Å². The molecule has 0 aromatic heterocycles. The van der Waals surface area contributed by atoms with Crippen LogP contribution in [0.25, 0.3) is 0 Å². The van der Waals surface area contributed by atoms with Crippen molar-refractivity contribution in [3.63, 3.8) is 0 Å². The first-order chi connectivity index (χ1) is 12.4. The summed E-state index contributed by atoms with van der Waals surface area (Å²) in [6.45, 7) is 2.66. The summed E-state index contributed by atoms with van der Waals surface area (Å²) in [6, 6.07) is 15.9. The zero-order chi connectivity index (χ0) is 18.6. The van der Waals surface area contributed by atoms with Gasteiger partial charge in [0.1, 0.15) is 6.61 Å². The molecular formula is C19H21NO5S. The quantitative estimate of drug-likeness (QED) is 0.751. The lowest BCUT2D eigenvalue weighted by Crippen LogP contribution is -2.31. The van der Waals surface area contributed by atoms with Crippen LogP contribution in [0.15, 0.2) is 59.5 Å². The number of benzene rings is 2. The molecule has 1 amide bonds. The molecule has 3 rings (SSSR count). The highest BCUT2D eigenvalue weighted by atomic mass is 32.2. The molecule has 138 valence electrons. The number of amides is 1. The van der Waals surface area contributed by atoms with E-state index in [1.807, 2.05) is 37.3 Å². The highest BCUT2D eigenvalue weighted by molar-refractivity contribution is 7.86. The summed E-state index contributed by atoms with van der Waals surface area (Å²) in [5.74, 6) is 0. The molecule has 1 saturated heterocycles. The Bertz CT molecular complexity index is 849. The lowest BCUT2D eigenvalue weighted by atomic mass is 10.2. The third kappa shape index (κ3) is 4.62.